The van der Waals surface area contributed by atoms with Gasteiger partial charge in [-0.05, 0) is 42.9 Å². The lowest BCUT2D eigenvalue weighted by Gasteiger charge is -2.23. The molecule has 0 radical (unpaired) electrons. The number of halogens is 1. The van der Waals surface area contributed by atoms with Crippen LogP contribution < -0.4 is 10.6 Å². The molecule has 1 aromatic carbocycles. The van der Waals surface area contributed by atoms with Gasteiger partial charge in [-0.2, -0.15) is 0 Å². The first-order chi connectivity index (χ1) is 10.6. The zero-order chi connectivity index (χ0) is 15.5. The summed E-state index contributed by atoms with van der Waals surface area (Å²) in [7, 11) is 0. The second-order valence-electron chi connectivity index (χ2n) is 6.99. The summed E-state index contributed by atoms with van der Waals surface area (Å²) in [6.45, 7) is 6.85. The van der Waals surface area contributed by atoms with Gasteiger partial charge < -0.3 is 10.6 Å². The molecule has 0 aliphatic carbocycles. The molecule has 2 unspecified atom stereocenters. The highest BCUT2D eigenvalue weighted by atomic mass is 35.5. The van der Waals surface area contributed by atoms with E-state index in [0.717, 1.165) is 25.2 Å². The highest BCUT2D eigenvalue weighted by molar-refractivity contribution is 5.92. The molecule has 2 saturated heterocycles. The molecule has 2 aliphatic rings. The molecule has 128 valence electrons. The number of fused-ring (bicyclic) bond motifs is 2. The molecule has 2 aliphatic heterocycles. The molecular formula is C18H28ClN3O. The first-order valence-electron chi connectivity index (χ1n) is 8.48. The fourth-order valence-electron chi connectivity index (χ4n) is 3.54. The number of hydrogen-bond acceptors (Lipinski definition) is 3. The molecule has 2 atom stereocenters. The Morgan fingerprint density at radius 1 is 1.30 bits per heavy atom. The summed E-state index contributed by atoms with van der Waals surface area (Å²) in [5, 5.41) is 6.70. The van der Waals surface area contributed by atoms with Gasteiger partial charge in [0, 0.05) is 30.9 Å². The van der Waals surface area contributed by atoms with Crippen molar-refractivity contribution in [2.75, 3.05) is 25.0 Å². The van der Waals surface area contributed by atoms with Gasteiger partial charge >= 0.3 is 0 Å². The zero-order valence-electron chi connectivity index (χ0n) is 14.0. The summed E-state index contributed by atoms with van der Waals surface area (Å²) < 4.78 is 0. The van der Waals surface area contributed by atoms with Crippen LogP contribution in [0.4, 0.5) is 5.69 Å². The van der Waals surface area contributed by atoms with Crippen molar-refractivity contribution >= 4 is 24.0 Å². The lowest BCUT2D eigenvalue weighted by atomic mass is 10.0. The molecule has 5 heteroatoms. The van der Waals surface area contributed by atoms with E-state index in [2.05, 4.69) is 41.5 Å². The quantitative estimate of drug-likeness (QED) is 0.887. The van der Waals surface area contributed by atoms with Crippen LogP contribution >= 0.6 is 12.4 Å². The van der Waals surface area contributed by atoms with Gasteiger partial charge in [0.2, 0.25) is 5.91 Å². The minimum atomic E-state index is 0. The number of rotatable bonds is 4. The summed E-state index contributed by atoms with van der Waals surface area (Å²) in [6, 6.07) is 9.41. The van der Waals surface area contributed by atoms with Gasteiger partial charge in [-0.1, -0.05) is 26.0 Å². The topological polar surface area (TPSA) is 44.4 Å². The molecule has 2 fully saturated rings. The number of benzene rings is 1. The predicted molar refractivity (Wildman–Crippen MR) is 97.4 cm³/mol. The van der Waals surface area contributed by atoms with Crippen LogP contribution in [0.1, 0.15) is 44.6 Å². The van der Waals surface area contributed by atoms with Crippen molar-refractivity contribution in [3.63, 3.8) is 0 Å². The third-order valence-electron chi connectivity index (χ3n) is 4.81. The Morgan fingerprint density at radius 3 is 2.87 bits per heavy atom. The van der Waals surface area contributed by atoms with Crippen LogP contribution in [0.3, 0.4) is 0 Å². The molecule has 4 nitrogen and oxygen atoms in total. The third kappa shape index (κ3) is 4.93. The smallest absolute Gasteiger partial charge is 0.238 e. The van der Waals surface area contributed by atoms with Crippen LogP contribution in [0.25, 0.3) is 0 Å². The SMILES string of the molecule is CC(C)c1cccc(NC(=O)CN2CCC3CCC(C2)N3)c1.Cl. The van der Waals surface area contributed by atoms with Gasteiger partial charge in [-0.25, -0.2) is 0 Å². The number of nitrogens with zero attached hydrogens (tertiary/aromatic N) is 1. The van der Waals surface area contributed by atoms with Crippen LogP contribution in [0.2, 0.25) is 0 Å². The number of hydrogen-bond donors (Lipinski definition) is 2. The van der Waals surface area contributed by atoms with Crippen molar-refractivity contribution < 1.29 is 4.79 Å². The van der Waals surface area contributed by atoms with E-state index in [1.54, 1.807) is 0 Å². The molecule has 0 aromatic heterocycles. The van der Waals surface area contributed by atoms with Crippen LogP contribution in [-0.4, -0.2) is 42.5 Å². The summed E-state index contributed by atoms with van der Waals surface area (Å²) in [4.78, 5) is 14.6. The van der Waals surface area contributed by atoms with Crippen LogP contribution in [0.15, 0.2) is 24.3 Å². The average Bonchev–Trinajstić information content (AvgIpc) is 2.82. The van der Waals surface area contributed by atoms with Crippen LogP contribution in [0.5, 0.6) is 0 Å². The van der Waals surface area contributed by atoms with E-state index in [-0.39, 0.29) is 18.3 Å². The van der Waals surface area contributed by atoms with E-state index < -0.39 is 0 Å². The molecule has 1 amide bonds. The fraction of sp³-hybridized carbons (Fsp3) is 0.611. The van der Waals surface area contributed by atoms with E-state index in [4.69, 9.17) is 0 Å². The molecule has 0 spiro atoms. The zero-order valence-corrected chi connectivity index (χ0v) is 14.9. The normalized spacial score (nSPS) is 24.1. The fourth-order valence-corrected chi connectivity index (χ4v) is 3.54. The molecule has 1 aromatic rings. The molecule has 2 bridgehead atoms. The maximum Gasteiger partial charge on any atom is 0.238 e. The summed E-state index contributed by atoms with van der Waals surface area (Å²) >= 11 is 0. The number of nitrogens with one attached hydrogen (secondary N) is 2. The average molecular weight is 338 g/mol. The Bertz CT molecular complexity index is 535. The number of carbonyl (C=O) groups is 1. The number of carbonyl (C=O) groups excluding carboxylic acids is 1. The van der Waals surface area contributed by atoms with Gasteiger partial charge in [-0.3, -0.25) is 9.69 Å². The summed E-state index contributed by atoms with van der Waals surface area (Å²) in [5.74, 6) is 0.572. The van der Waals surface area contributed by atoms with Gasteiger partial charge in [-0.15, -0.1) is 12.4 Å². The molecule has 3 rings (SSSR count). The van der Waals surface area contributed by atoms with Crippen molar-refractivity contribution in [3.05, 3.63) is 29.8 Å². The van der Waals surface area contributed by atoms with E-state index in [9.17, 15) is 4.79 Å². The first-order valence-corrected chi connectivity index (χ1v) is 8.48. The minimum absolute atomic E-state index is 0. The highest BCUT2D eigenvalue weighted by Gasteiger charge is 2.29. The second kappa shape index (κ2) is 8.13. The monoisotopic (exact) mass is 337 g/mol. The van der Waals surface area contributed by atoms with E-state index in [1.165, 1.54) is 18.4 Å². The second-order valence-corrected chi connectivity index (χ2v) is 6.99. The summed E-state index contributed by atoms with van der Waals surface area (Å²) in [5.41, 5.74) is 2.17. The maximum absolute atomic E-state index is 12.3. The third-order valence-corrected chi connectivity index (χ3v) is 4.81. The molecule has 23 heavy (non-hydrogen) atoms. The van der Waals surface area contributed by atoms with Crippen molar-refractivity contribution in [3.8, 4) is 0 Å². The van der Waals surface area contributed by atoms with Gasteiger partial charge in [0.15, 0.2) is 0 Å². The molecule has 2 N–H and O–H groups in total. The van der Waals surface area contributed by atoms with Crippen molar-refractivity contribution in [1.82, 2.24) is 10.2 Å². The Hall–Kier alpha value is -1.10. The van der Waals surface area contributed by atoms with Crippen molar-refractivity contribution in [1.29, 1.82) is 0 Å². The Balaban J connectivity index is 0.00000192. The number of amides is 1. The van der Waals surface area contributed by atoms with Gasteiger partial charge in [0.25, 0.3) is 0 Å². The van der Waals surface area contributed by atoms with Gasteiger partial charge in [0.05, 0.1) is 6.54 Å². The summed E-state index contributed by atoms with van der Waals surface area (Å²) in [6.07, 6.45) is 3.71. The van der Waals surface area contributed by atoms with E-state index in [1.807, 2.05) is 12.1 Å². The minimum Gasteiger partial charge on any atom is -0.325 e. The van der Waals surface area contributed by atoms with E-state index >= 15 is 0 Å². The highest BCUT2D eigenvalue weighted by Crippen LogP contribution is 2.21. The lowest BCUT2D eigenvalue weighted by molar-refractivity contribution is -0.117. The largest absolute Gasteiger partial charge is 0.325 e. The van der Waals surface area contributed by atoms with Crippen LogP contribution in [0, 0.1) is 0 Å². The van der Waals surface area contributed by atoms with Crippen molar-refractivity contribution in [2.24, 2.45) is 0 Å². The Labute approximate surface area is 145 Å². The van der Waals surface area contributed by atoms with Crippen LogP contribution in [-0.2, 0) is 4.79 Å². The number of likely N-dealkylation sites (tertiary alicyclic amines) is 1. The molecular weight excluding hydrogens is 310 g/mol. The maximum atomic E-state index is 12.3. The Morgan fingerprint density at radius 2 is 2.09 bits per heavy atom. The predicted octanol–water partition coefficient (Wildman–Crippen LogP) is 3.00. The van der Waals surface area contributed by atoms with Gasteiger partial charge in [0.1, 0.15) is 0 Å². The first kappa shape index (κ1) is 18.2. The number of anilines is 1. The Kier molecular flexibility index (Phi) is 6.45. The van der Waals surface area contributed by atoms with E-state index in [0.29, 0.717) is 24.5 Å². The molecule has 0 saturated carbocycles. The van der Waals surface area contributed by atoms with Crippen molar-refractivity contribution in [2.45, 2.75) is 51.1 Å². The standard InChI is InChI=1S/C18H27N3O.ClH/c1-13(2)14-4-3-5-16(10-14)20-18(22)12-21-9-8-15-6-7-17(11-21)19-15;/h3-5,10,13,15,17,19H,6-9,11-12H2,1-2H3,(H,20,22);1H. The molecule has 2 heterocycles. The lowest BCUT2D eigenvalue weighted by Crippen LogP contribution is -2.39.